The van der Waals surface area contributed by atoms with E-state index in [9.17, 15) is 4.79 Å². The molecule has 5 heterocycles. The van der Waals surface area contributed by atoms with Gasteiger partial charge in [-0.2, -0.15) is 0 Å². The number of anilines is 1. The average molecular weight is 367 g/mol. The predicted molar refractivity (Wildman–Crippen MR) is 103 cm³/mol. The van der Waals surface area contributed by atoms with Crippen LogP contribution in [0.3, 0.4) is 0 Å². The molecule has 2 atom stereocenters. The molecule has 0 spiro atoms. The van der Waals surface area contributed by atoms with Crippen molar-refractivity contribution in [2.24, 2.45) is 0 Å². The highest BCUT2D eigenvalue weighted by molar-refractivity contribution is 5.92. The first-order chi connectivity index (χ1) is 13.3. The maximum absolute atomic E-state index is 12.2. The lowest BCUT2D eigenvalue weighted by Gasteiger charge is -2.41. The molecule has 27 heavy (non-hydrogen) atoms. The number of amides is 1. The van der Waals surface area contributed by atoms with Gasteiger partial charge in [0.2, 0.25) is 5.91 Å². The van der Waals surface area contributed by atoms with Gasteiger partial charge in [0.15, 0.2) is 0 Å². The quantitative estimate of drug-likeness (QED) is 0.842. The summed E-state index contributed by atoms with van der Waals surface area (Å²) < 4.78 is 5.54. The number of rotatable bonds is 3. The van der Waals surface area contributed by atoms with Crippen molar-refractivity contribution >= 4 is 22.8 Å². The van der Waals surface area contributed by atoms with Gasteiger partial charge in [-0.3, -0.25) is 4.79 Å². The molecule has 7 nitrogen and oxygen atoms in total. The summed E-state index contributed by atoms with van der Waals surface area (Å²) in [5.41, 5.74) is 2.21. The van der Waals surface area contributed by atoms with E-state index in [-0.39, 0.29) is 18.0 Å². The Labute approximate surface area is 158 Å². The number of piperazine rings is 1. The summed E-state index contributed by atoms with van der Waals surface area (Å²) in [7, 11) is 0. The lowest BCUT2D eigenvalue weighted by atomic mass is 9.92. The number of fused-ring (bicyclic) bond motifs is 3. The van der Waals surface area contributed by atoms with E-state index in [0.717, 1.165) is 68.8 Å². The van der Waals surface area contributed by atoms with Crippen molar-refractivity contribution in [3.63, 3.8) is 0 Å². The van der Waals surface area contributed by atoms with Crippen LogP contribution in [0.25, 0.3) is 11.0 Å². The zero-order valence-electron chi connectivity index (χ0n) is 15.4. The van der Waals surface area contributed by atoms with Crippen LogP contribution in [0.5, 0.6) is 0 Å². The smallest absolute Gasteiger partial charge is 0.246 e. The van der Waals surface area contributed by atoms with Gasteiger partial charge in [0.05, 0.1) is 5.39 Å². The van der Waals surface area contributed by atoms with Crippen molar-refractivity contribution in [2.45, 2.75) is 43.7 Å². The van der Waals surface area contributed by atoms with Gasteiger partial charge in [0.25, 0.3) is 0 Å². The number of H-pyrrole nitrogens is 1. The third kappa shape index (κ3) is 2.72. The Bertz CT molecular complexity index is 858. The summed E-state index contributed by atoms with van der Waals surface area (Å²) >= 11 is 0. The van der Waals surface area contributed by atoms with Crippen LogP contribution in [0, 0.1) is 0 Å². The molecule has 2 unspecified atom stereocenters. The van der Waals surface area contributed by atoms with Gasteiger partial charge in [0, 0.05) is 44.6 Å². The Hall–Kier alpha value is -2.41. The maximum Gasteiger partial charge on any atom is 0.246 e. The number of nitrogens with one attached hydrogen (secondary N) is 1. The topological polar surface area (TPSA) is 74.4 Å². The van der Waals surface area contributed by atoms with Gasteiger partial charge >= 0.3 is 0 Å². The van der Waals surface area contributed by atoms with E-state index >= 15 is 0 Å². The minimum absolute atomic E-state index is 0.0551. The first-order valence-corrected chi connectivity index (χ1v) is 9.85. The Morgan fingerprint density at radius 2 is 1.93 bits per heavy atom. The van der Waals surface area contributed by atoms with E-state index in [2.05, 4.69) is 32.6 Å². The molecule has 2 aromatic heterocycles. The molecule has 7 heteroatoms. The van der Waals surface area contributed by atoms with Gasteiger partial charge in [-0.25, -0.2) is 9.97 Å². The highest BCUT2D eigenvalue weighted by atomic mass is 16.5. The van der Waals surface area contributed by atoms with Crippen molar-refractivity contribution in [3.8, 4) is 0 Å². The van der Waals surface area contributed by atoms with Gasteiger partial charge in [-0.1, -0.05) is 6.58 Å². The van der Waals surface area contributed by atoms with Crippen molar-refractivity contribution in [3.05, 3.63) is 30.7 Å². The number of hydrogen-bond acceptors (Lipinski definition) is 5. The summed E-state index contributed by atoms with van der Waals surface area (Å²) in [5.74, 6) is 1.54. The summed E-state index contributed by atoms with van der Waals surface area (Å²) in [5, 5.41) is 1.15. The lowest BCUT2D eigenvalue weighted by molar-refractivity contribution is -0.129. The van der Waals surface area contributed by atoms with E-state index in [4.69, 9.17) is 4.74 Å². The van der Waals surface area contributed by atoms with E-state index in [1.54, 1.807) is 6.33 Å². The fourth-order valence-electron chi connectivity index (χ4n) is 5.08. The Morgan fingerprint density at radius 1 is 1.19 bits per heavy atom. The number of carbonyl (C=O) groups excluding carboxylic acids is 1. The molecule has 0 saturated carbocycles. The second-order valence-corrected chi connectivity index (χ2v) is 7.79. The van der Waals surface area contributed by atoms with Crippen LogP contribution in [-0.4, -0.2) is 64.1 Å². The third-order valence-electron chi connectivity index (χ3n) is 6.35. The number of nitrogens with zero attached hydrogens (tertiary/aromatic N) is 4. The second-order valence-electron chi connectivity index (χ2n) is 7.79. The van der Waals surface area contributed by atoms with Crippen molar-refractivity contribution < 1.29 is 9.53 Å². The standard InChI is InChI=1S/C20H25N5O2/c1-2-17(26)25-14-3-4-15(25)11-24(10-14)20-18-16(13-5-7-27-8-6-13)9-21-19(18)22-12-23-20/h2,9,12-15H,1,3-8,10-11H2,(H,21,22,23). The summed E-state index contributed by atoms with van der Waals surface area (Å²) in [6, 6.07) is 0.481. The zero-order valence-corrected chi connectivity index (χ0v) is 15.4. The molecule has 3 fully saturated rings. The Morgan fingerprint density at radius 3 is 2.63 bits per heavy atom. The van der Waals surface area contributed by atoms with Crippen LogP contribution in [0.1, 0.15) is 37.2 Å². The molecule has 0 radical (unpaired) electrons. The Kier molecular flexibility index (Phi) is 4.11. The molecule has 3 aliphatic rings. The Balaban J connectivity index is 1.50. The third-order valence-corrected chi connectivity index (χ3v) is 6.35. The predicted octanol–water partition coefficient (Wildman–Crippen LogP) is 2.22. The molecule has 0 aliphatic carbocycles. The monoisotopic (exact) mass is 367 g/mol. The van der Waals surface area contributed by atoms with E-state index in [1.807, 2.05) is 4.90 Å². The van der Waals surface area contributed by atoms with Crippen molar-refractivity contribution in [1.29, 1.82) is 0 Å². The SMILES string of the molecule is C=CC(=O)N1C2CCC1CN(c1ncnc3[nH]cc(C4CCOCC4)c13)C2. The highest BCUT2D eigenvalue weighted by Gasteiger charge is 2.42. The van der Waals surface area contributed by atoms with E-state index in [0.29, 0.717) is 5.92 Å². The van der Waals surface area contributed by atoms with E-state index < -0.39 is 0 Å². The number of carbonyl (C=O) groups is 1. The van der Waals surface area contributed by atoms with E-state index in [1.165, 1.54) is 11.6 Å². The molecule has 1 N–H and O–H groups in total. The summed E-state index contributed by atoms with van der Waals surface area (Å²) in [6.07, 6.45) is 9.36. The molecular weight excluding hydrogens is 342 g/mol. The van der Waals surface area contributed by atoms with Crippen LogP contribution in [0.4, 0.5) is 5.82 Å². The van der Waals surface area contributed by atoms with Crippen LogP contribution >= 0.6 is 0 Å². The molecule has 3 saturated heterocycles. The lowest BCUT2D eigenvalue weighted by Crippen LogP contribution is -2.55. The second kappa shape index (κ2) is 6.64. The first-order valence-electron chi connectivity index (χ1n) is 9.85. The first kappa shape index (κ1) is 16.7. The largest absolute Gasteiger partial charge is 0.381 e. The van der Waals surface area contributed by atoms with Crippen LogP contribution in [-0.2, 0) is 9.53 Å². The minimum Gasteiger partial charge on any atom is -0.381 e. The van der Waals surface area contributed by atoms with Gasteiger partial charge in [-0.05, 0) is 43.2 Å². The minimum atomic E-state index is 0.0551. The zero-order chi connectivity index (χ0) is 18.4. The highest BCUT2D eigenvalue weighted by Crippen LogP contribution is 2.38. The number of aromatic amines is 1. The van der Waals surface area contributed by atoms with Crippen molar-refractivity contribution in [2.75, 3.05) is 31.2 Å². The maximum atomic E-state index is 12.2. The average Bonchev–Trinajstić information content (AvgIpc) is 3.26. The summed E-state index contributed by atoms with van der Waals surface area (Å²) in [4.78, 5) is 29.1. The number of ether oxygens (including phenoxy) is 1. The molecular formula is C20H25N5O2. The fourth-order valence-corrected chi connectivity index (χ4v) is 5.08. The molecule has 142 valence electrons. The molecule has 0 aromatic carbocycles. The van der Waals surface area contributed by atoms with Crippen molar-refractivity contribution in [1.82, 2.24) is 19.9 Å². The van der Waals surface area contributed by atoms with Crippen LogP contribution in [0.2, 0.25) is 0 Å². The number of hydrogen-bond donors (Lipinski definition) is 1. The number of aromatic nitrogens is 3. The van der Waals surface area contributed by atoms with Gasteiger partial charge in [-0.15, -0.1) is 0 Å². The molecule has 5 rings (SSSR count). The molecule has 3 aliphatic heterocycles. The summed E-state index contributed by atoms with van der Waals surface area (Å²) in [6.45, 7) is 6.93. The molecule has 1 amide bonds. The molecule has 2 bridgehead atoms. The normalized spacial score (nSPS) is 25.9. The van der Waals surface area contributed by atoms with Gasteiger partial charge in [0.1, 0.15) is 17.8 Å². The van der Waals surface area contributed by atoms with Gasteiger partial charge < -0.3 is 19.5 Å². The fraction of sp³-hybridized carbons (Fsp3) is 0.550. The van der Waals surface area contributed by atoms with Crippen LogP contribution in [0.15, 0.2) is 25.2 Å². The molecule has 2 aromatic rings. The van der Waals surface area contributed by atoms with Crippen LogP contribution < -0.4 is 4.90 Å².